The summed E-state index contributed by atoms with van der Waals surface area (Å²) in [6, 6.07) is 5.72. The fraction of sp³-hybridized carbons (Fsp3) is 0.500. The van der Waals surface area contributed by atoms with Crippen LogP contribution in [0.5, 0.6) is 0 Å². The topological polar surface area (TPSA) is 54.0 Å². The monoisotopic (exact) mass is 299 g/mol. The number of nitrogens with one attached hydrogen (secondary N) is 2. The molecule has 0 radical (unpaired) electrons. The first-order valence-electron chi connectivity index (χ1n) is 5.67. The van der Waals surface area contributed by atoms with Crippen LogP contribution in [0.15, 0.2) is 22.8 Å². The van der Waals surface area contributed by atoms with E-state index >= 15 is 0 Å². The zero-order valence-electron chi connectivity index (χ0n) is 10.2. The van der Waals surface area contributed by atoms with Crippen molar-refractivity contribution < 1.29 is 4.79 Å². The zero-order chi connectivity index (χ0) is 12.7. The molecule has 2 N–H and O–H groups in total. The Hall–Kier alpha value is -0.940. The van der Waals surface area contributed by atoms with Gasteiger partial charge in [-0.25, -0.2) is 4.98 Å². The van der Waals surface area contributed by atoms with E-state index in [0.29, 0.717) is 19.0 Å². The first-order chi connectivity index (χ1) is 8.08. The highest BCUT2D eigenvalue weighted by molar-refractivity contribution is 9.10. The molecule has 0 aliphatic carbocycles. The lowest BCUT2D eigenvalue weighted by Crippen LogP contribution is -2.35. The van der Waals surface area contributed by atoms with Gasteiger partial charge in [0.1, 0.15) is 4.60 Å². The molecule has 0 fully saturated rings. The van der Waals surface area contributed by atoms with Gasteiger partial charge in [-0.2, -0.15) is 0 Å². The van der Waals surface area contributed by atoms with E-state index in [1.54, 1.807) is 0 Å². The van der Waals surface area contributed by atoms with Crippen molar-refractivity contribution in [3.05, 3.63) is 28.5 Å². The maximum Gasteiger partial charge on any atom is 0.233 e. The lowest BCUT2D eigenvalue weighted by molar-refractivity contribution is -0.120. The van der Waals surface area contributed by atoms with Crippen molar-refractivity contribution in [1.29, 1.82) is 0 Å². The number of aromatic nitrogens is 1. The summed E-state index contributed by atoms with van der Waals surface area (Å²) in [7, 11) is 0. The Bertz CT molecular complexity index is 369. The molecule has 0 saturated heterocycles. The molecule has 0 bridgehead atoms. The Balaban J connectivity index is 2.21. The van der Waals surface area contributed by atoms with Crippen LogP contribution in [0, 0.1) is 5.92 Å². The van der Waals surface area contributed by atoms with E-state index in [2.05, 4.69) is 45.4 Å². The predicted molar refractivity (Wildman–Crippen MR) is 71.5 cm³/mol. The van der Waals surface area contributed by atoms with Crippen molar-refractivity contribution in [2.75, 3.05) is 13.1 Å². The molecule has 94 valence electrons. The van der Waals surface area contributed by atoms with Gasteiger partial charge in [0.05, 0.1) is 12.2 Å². The Morgan fingerprint density at radius 1 is 1.47 bits per heavy atom. The Morgan fingerprint density at radius 3 is 2.88 bits per heavy atom. The number of hydrogen-bond donors (Lipinski definition) is 2. The van der Waals surface area contributed by atoms with Crippen LogP contribution >= 0.6 is 15.9 Å². The molecule has 1 heterocycles. The molecule has 0 unspecified atom stereocenters. The minimum Gasteiger partial charge on any atom is -0.355 e. The molecule has 0 aromatic carbocycles. The molecule has 5 heteroatoms. The summed E-state index contributed by atoms with van der Waals surface area (Å²) < 4.78 is 0.807. The van der Waals surface area contributed by atoms with Crippen LogP contribution in [0.4, 0.5) is 0 Å². The number of carbonyl (C=O) groups is 1. The summed E-state index contributed by atoms with van der Waals surface area (Å²) >= 11 is 3.31. The summed E-state index contributed by atoms with van der Waals surface area (Å²) in [4.78, 5) is 15.7. The predicted octanol–water partition coefficient (Wildman–Crippen LogP) is 1.71. The smallest absolute Gasteiger partial charge is 0.233 e. The number of pyridine rings is 1. The van der Waals surface area contributed by atoms with Crippen LogP contribution in [0.1, 0.15) is 19.5 Å². The van der Waals surface area contributed by atoms with Gasteiger partial charge in [0.25, 0.3) is 0 Å². The van der Waals surface area contributed by atoms with E-state index in [-0.39, 0.29) is 5.91 Å². The Morgan fingerprint density at radius 2 is 2.24 bits per heavy atom. The van der Waals surface area contributed by atoms with Gasteiger partial charge in [0.2, 0.25) is 5.91 Å². The van der Waals surface area contributed by atoms with Crippen molar-refractivity contribution in [2.24, 2.45) is 5.92 Å². The number of carbonyl (C=O) groups excluding carboxylic acids is 1. The fourth-order valence-electron chi connectivity index (χ4n) is 1.23. The van der Waals surface area contributed by atoms with E-state index in [1.807, 2.05) is 18.2 Å². The number of nitrogens with zero attached hydrogens (tertiary/aromatic N) is 1. The van der Waals surface area contributed by atoms with E-state index < -0.39 is 0 Å². The standard InChI is InChI=1S/C12H18BrN3O/c1-9(2)6-15-12(17)8-14-7-10-4-3-5-11(13)16-10/h3-5,9,14H,6-8H2,1-2H3,(H,15,17). The summed E-state index contributed by atoms with van der Waals surface area (Å²) in [6.45, 7) is 5.77. The molecule has 0 aliphatic rings. The van der Waals surface area contributed by atoms with Crippen molar-refractivity contribution in [2.45, 2.75) is 20.4 Å². The third-order valence-corrected chi connectivity index (χ3v) is 2.51. The summed E-state index contributed by atoms with van der Waals surface area (Å²) in [5, 5.41) is 5.91. The Labute approximate surface area is 110 Å². The van der Waals surface area contributed by atoms with Crippen LogP contribution in [-0.4, -0.2) is 24.0 Å². The van der Waals surface area contributed by atoms with Crippen LogP contribution < -0.4 is 10.6 Å². The van der Waals surface area contributed by atoms with Gasteiger partial charge in [-0.3, -0.25) is 4.79 Å². The minimum absolute atomic E-state index is 0.0219. The van der Waals surface area contributed by atoms with Crippen molar-refractivity contribution >= 4 is 21.8 Å². The van der Waals surface area contributed by atoms with Crippen LogP contribution in [-0.2, 0) is 11.3 Å². The first kappa shape index (κ1) is 14.1. The minimum atomic E-state index is 0.0219. The van der Waals surface area contributed by atoms with Crippen molar-refractivity contribution in [3.63, 3.8) is 0 Å². The summed E-state index contributed by atoms with van der Waals surface area (Å²) in [6.07, 6.45) is 0. The molecule has 1 aromatic rings. The SMILES string of the molecule is CC(C)CNC(=O)CNCc1cccc(Br)n1. The third kappa shape index (κ3) is 6.38. The van der Waals surface area contributed by atoms with Crippen LogP contribution in [0.25, 0.3) is 0 Å². The second-order valence-electron chi connectivity index (χ2n) is 4.25. The molecule has 1 amide bonds. The molecule has 17 heavy (non-hydrogen) atoms. The molecule has 4 nitrogen and oxygen atoms in total. The second-order valence-corrected chi connectivity index (χ2v) is 5.07. The Kier molecular flexibility index (Phi) is 6.15. The highest BCUT2D eigenvalue weighted by Gasteiger charge is 2.02. The van der Waals surface area contributed by atoms with Gasteiger partial charge in [0.15, 0.2) is 0 Å². The number of halogens is 1. The van der Waals surface area contributed by atoms with Gasteiger partial charge >= 0.3 is 0 Å². The summed E-state index contributed by atoms with van der Waals surface area (Å²) in [5.74, 6) is 0.499. The van der Waals surface area contributed by atoms with E-state index in [9.17, 15) is 4.79 Å². The average Bonchev–Trinajstić information content (AvgIpc) is 2.26. The molecule has 1 rings (SSSR count). The quantitative estimate of drug-likeness (QED) is 0.786. The normalized spacial score (nSPS) is 10.6. The average molecular weight is 300 g/mol. The lowest BCUT2D eigenvalue weighted by Gasteiger charge is -2.08. The van der Waals surface area contributed by atoms with Crippen molar-refractivity contribution in [1.82, 2.24) is 15.6 Å². The highest BCUT2D eigenvalue weighted by Crippen LogP contribution is 2.05. The molecule has 0 aliphatic heterocycles. The number of rotatable bonds is 6. The highest BCUT2D eigenvalue weighted by atomic mass is 79.9. The summed E-state index contributed by atoms with van der Waals surface area (Å²) in [5.41, 5.74) is 0.913. The lowest BCUT2D eigenvalue weighted by atomic mass is 10.2. The third-order valence-electron chi connectivity index (χ3n) is 2.07. The van der Waals surface area contributed by atoms with Gasteiger partial charge in [0, 0.05) is 13.1 Å². The van der Waals surface area contributed by atoms with E-state index in [4.69, 9.17) is 0 Å². The van der Waals surface area contributed by atoms with E-state index in [1.165, 1.54) is 0 Å². The molecule has 0 saturated carbocycles. The zero-order valence-corrected chi connectivity index (χ0v) is 11.8. The van der Waals surface area contributed by atoms with E-state index in [0.717, 1.165) is 16.8 Å². The maximum absolute atomic E-state index is 11.4. The molecule has 0 spiro atoms. The number of amides is 1. The van der Waals surface area contributed by atoms with Gasteiger partial charge in [-0.1, -0.05) is 19.9 Å². The van der Waals surface area contributed by atoms with Gasteiger partial charge in [-0.15, -0.1) is 0 Å². The van der Waals surface area contributed by atoms with Gasteiger partial charge in [-0.05, 0) is 34.0 Å². The van der Waals surface area contributed by atoms with Crippen molar-refractivity contribution in [3.8, 4) is 0 Å². The molecule has 1 aromatic heterocycles. The number of hydrogen-bond acceptors (Lipinski definition) is 3. The molecule has 0 atom stereocenters. The van der Waals surface area contributed by atoms with Crippen LogP contribution in [0.3, 0.4) is 0 Å². The fourth-order valence-corrected chi connectivity index (χ4v) is 1.61. The molecular weight excluding hydrogens is 282 g/mol. The maximum atomic E-state index is 11.4. The van der Waals surface area contributed by atoms with Gasteiger partial charge < -0.3 is 10.6 Å². The largest absolute Gasteiger partial charge is 0.355 e. The first-order valence-corrected chi connectivity index (χ1v) is 6.46. The molecular formula is C12H18BrN3O. The van der Waals surface area contributed by atoms with Crippen LogP contribution in [0.2, 0.25) is 0 Å². The second kappa shape index (κ2) is 7.40.